The van der Waals surface area contributed by atoms with Crippen LogP contribution in [-0.4, -0.2) is 64.4 Å². The summed E-state index contributed by atoms with van der Waals surface area (Å²) in [7, 11) is 0. The summed E-state index contributed by atoms with van der Waals surface area (Å²) < 4.78 is 43.9. The summed E-state index contributed by atoms with van der Waals surface area (Å²) in [4.78, 5) is 33.3. The zero-order valence-electron chi connectivity index (χ0n) is 23.1. The average molecular weight is 603 g/mol. The minimum Gasteiger partial charge on any atom is -0.406 e. The molecular formula is C30H33F3N4O4S. The van der Waals surface area contributed by atoms with Crippen LogP contribution in [0.4, 0.5) is 13.2 Å². The number of aromatic nitrogens is 1. The Kier molecular flexibility index (Phi) is 9.14. The molecule has 0 radical (unpaired) electrons. The van der Waals surface area contributed by atoms with Gasteiger partial charge in [0.15, 0.2) is 0 Å². The molecule has 42 heavy (non-hydrogen) atoms. The van der Waals surface area contributed by atoms with Crippen molar-refractivity contribution in [1.29, 1.82) is 0 Å². The van der Waals surface area contributed by atoms with Crippen molar-refractivity contribution in [3.63, 3.8) is 0 Å². The first-order valence-corrected chi connectivity index (χ1v) is 14.9. The second-order valence-electron chi connectivity index (χ2n) is 10.7. The van der Waals surface area contributed by atoms with Crippen molar-refractivity contribution < 1.29 is 32.6 Å². The van der Waals surface area contributed by atoms with E-state index >= 15 is 0 Å². The maximum atomic E-state index is 13.7. The number of amides is 2. The molecule has 2 saturated heterocycles. The molecule has 2 aliphatic rings. The van der Waals surface area contributed by atoms with Crippen molar-refractivity contribution in [2.45, 2.75) is 69.6 Å². The van der Waals surface area contributed by atoms with E-state index in [-0.39, 0.29) is 23.2 Å². The summed E-state index contributed by atoms with van der Waals surface area (Å²) in [5.41, 5.74) is 1.43. The topological polar surface area (TPSA) is 104 Å². The number of likely N-dealkylation sites (tertiary alicyclic amines) is 1. The minimum atomic E-state index is -5.02. The summed E-state index contributed by atoms with van der Waals surface area (Å²) in [5, 5.41) is 19.9. The molecule has 4 atom stereocenters. The third-order valence-electron chi connectivity index (χ3n) is 7.62. The molecule has 2 amide bonds. The first kappa shape index (κ1) is 30.0. The van der Waals surface area contributed by atoms with E-state index in [9.17, 15) is 27.9 Å². The van der Waals surface area contributed by atoms with Crippen LogP contribution in [0.2, 0.25) is 0 Å². The molecule has 2 aromatic carbocycles. The summed E-state index contributed by atoms with van der Waals surface area (Å²) in [6, 6.07) is 11.3. The fraction of sp³-hybridized carbons (Fsp3) is 0.433. The standard InChI is InChI=1S/C30H33F3N4O4S/c1-18-17-42-28(35-18)25-10-6-12-37(25)29(40)21-14-20(15-22(16-21)41-30(31,32)33)27(39)36-24(13-19-7-3-2-4-8-19)26(38)23-9-5-11-34-23/h2-4,7-8,14-17,23-26,34,38H,5-6,9-13H2,1H3,(H,36,39)/t23-,24+,25-,26+/m1/s1. The van der Waals surface area contributed by atoms with Gasteiger partial charge in [0, 0.05) is 34.8 Å². The highest BCUT2D eigenvalue weighted by molar-refractivity contribution is 7.09. The van der Waals surface area contributed by atoms with Crippen molar-refractivity contribution >= 4 is 23.2 Å². The number of hydrogen-bond donors (Lipinski definition) is 3. The molecule has 8 nitrogen and oxygen atoms in total. The molecule has 2 fully saturated rings. The van der Waals surface area contributed by atoms with E-state index in [1.54, 1.807) is 4.90 Å². The van der Waals surface area contributed by atoms with Crippen LogP contribution in [0.15, 0.2) is 53.9 Å². The number of nitrogens with one attached hydrogen (secondary N) is 2. The van der Waals surface area contributed by atoms with Gasteiger partial charge in [0.1, 0.15) is 10.8 Å². The second kappa shape index (κ2) is 12.8. The fourth-order valence-electron chi connectivity index (χ4n) is 5.66. The van der Waals surface area contributed by atoms with Crippen molar-refractivity contribution in [3.05, 3.63) is 81.3 Å². The maximum absolute atomic E-state index is 13.7. The van der Waals surface area contributed by atoms with E-state index in [2.05, 4.69) is 20.4 Å². The van der Waals surface area contributed by atoms with E-state index in [0.29, 0.717) is 19.4 Å². The molecule has 0 spiro atoms. The van der Waals surface area contributed by atoms with Crippen LogP contribution in [0.3, 0.4) is 0 Å². The number of benzene rings is 2. The monoisotopic (exact) mass is 602 g/mol. The van der Waals surface area contributed by atoms with Crippen LogP contribution in [0.5, 0.6) is 5.75 Å². The van der Waals surface area contributed by atoms with E-state index in [1.807, 2.05) is 42.6 Å². The van der Waals surface area contributed by atoms with Gasteiger partial charge in [0.25, 0.3) is 11.8 Å². The van der Waals surface area contributed by atoms with Crippen molar-refractivity contribution in [3.8, 4) is 5.75 Å². The molecule has 3 N–H and O–H groups in total. The van der Waals surface area contributed by atoms with E-state index < -0.39 is 36.1 Å². The number of carbonyl (C=O) groups is 2. The summed E-state index contributed by atoms with van der Waals surface area (Å²) >= 11 is 1.43. The number of ether oxygens (including phenoxy) is 1. The SMILES string of the molecule is Cc1csc([C@H]2CCCN2C(=O)c2cc(OC(F)(F)F)cc(C(=O)N[C@@H](Cc3ccccc3)[C@@H](O)[C@H]3CCCN3)c2)n1. The van der Waals surface area contributed by atoms with Gasteiger partial charge in [-0.3, -0.25) is 9.59 Å². The van der Waals surface area contributed by atoms with Gasteiger partial charge in [-0.05, 0) is 69.3 Å². The maximum Gasteiger partial charge on any atom is 0.573 e. The van der Waals surface area contributed by atoms with Crippen LogP contribution in [0, 0.1) is 6.92 Å². The molecule has 0 saturated carbocycles. The number of thiazole rings is 1. The van der Waals surface area contributed by atoms with E-state index in [4.69, 9.17) is 0 Å². The van der Waals surface area contributed by atoms with Crippen molar-refractivity contribution in [2.24, 2.45) is 0 Å². The lowest BCUT2D eigenvalue weighted by Gasteiger charge is -2.29. The normalized spacial score (nSPS) is 20.4. The van der Waals surface area contributed by atoms with Crippen LogP contribution >= 0.6 is 11.3 Å². The van der Waals surface area contributed by atoms with E-state index in [0.717, 1.165) is 54.2 Å². The molecule has 5 rings (SSSR count). The molecule has 0 aliphatic carbocycles. The summed E-state index contributed by atoms with van der Waals surface area (Å²) in [5.74, 6) is -1.90. The molecular weight excluding hydrogens is 569 g/mol. The molecule has 1 aromatic heterocycles. The number of hydrogen-bond acceptors (Lipinski definition) is 7. The molecule has 224 valence electrons. The predicted molar refractivity (Wildman–Crippen MR) is 151 cm³/mol. The molecule has 12 heteroatoms. The minimum absolute atomic E-state index is 0.0975. The third kappa shape index (κ3) is 7.29. The largest absolute Gasteiger partial charge is 0.573 e. The molecule has 3 aromatic rings. The van der Waals surface area contributed by atoms with Crippen LogP contribution in [0.25, 0.3) is 0 Å². The lowest BCUT2D eigenvalue weighted by atomic mass is 9.95. The Morgan fingerprint density at radius 3 is 2.60 bits per heavy atom. The Balaban J connectivity index is 1.43. The van der Waals surface area contributed by atoms with Crippen LogP contribution in [0.1, 0.15) is 68.7 Å². The van der Waals surface area contributed by atoms with Crippen LogP contribution in [-0.2, 0) is 6.42 Å². The molecule has 0 unspecified atom stereocenters. The Morgan fingerprint density at radius 1 is 1.17 bits per heavy atom. The number of alkyl halides is 3. The summed E-state index contributed by atoms with van der Waals surface area (Å²) in [6.07, 6.45) is -2.66. The number of aryl methyl sites for hydroxylation is 1. The van der Waals surface area contributed by atoms with Gasteiger partial charge in [0.05, 0.1) is 18.2 Å². The van der Waals surface area contributed by atoms with Gasteiger partial charge in [-0.15, -0.1) is 24.5 Å². The number of aliphatic hydroxyl groups is 1. The van der Waals surface area contributed by atoms with Gasteiger partial charge >= 0.3 is 6.36 Å². The molecule has 0 bridgehead atoms. The lowest BCUT2D eigenvalue weighted by molar-refractivity contribution is -0.274. The Labute approximate surface area is 245 Å². The van der Waals surface area contributed by atoms with Gasteiger partial charge < -0.3 is 25.4 Å². The molecule has 3 heterocycles. The van der Waals surface area contributed by atoms with Gasteiger partial charge in [-0.1, -0.05) is 30.3 Å². The zero-order chi connectivity index (χ0) is 29.9. The number of halogens is 3. The fourth-order valence-corrected chi connectivity index (χ4v) is 6.61. The number of aliphatic hydroxyl groups excluding tert-OH is 1. The first-order valence-electron chi connectivity index (χ1n) is 14.0. The van der Waals surface area contributed by atoms with Crippen LogP contribution < -0.4 is 15.4 Å². The highest BCUT2D eigenvalue weighted by Crippen LogP contribution is 2.36. The Hall–Kier alpha value is -3.48. The Morgan fingerprint density at radius 2 is 1.93 bits per heavy atom. The van der Waals surface area contributed by atoms with Gasteiger partial charge in [0.2, 0.25) is 0 Å². The quantitative estimate of drug-likeness (QED) is 0.326. The van der Waals surface area contributed by atoms with Crippen molar-refractivity contribution in [2.75, 3.05) is 13.1 Å². The highest BCUT2D eigenvalue weighted by atomic mass is 32.1. The number of nitrogens with zero attached hydrogens (tertiary/aromatic N) is 2. The van der Waals surface area contributed by atoms with Crippen molar-refractivity contribution in [1.82, 2.24) is 20.5 Å². The number of rotatable bonds is 9. The van der Waals surface area contributed by atoms with Gasteiger partial charge in [-0.25, -0.2) is 4.98 Å². The third-order valence-corrected chi connectivity index (χ3v) is 8.69. The zero-order valence-corrected chi connectivity index (χ0v) is 23.9. The summed E-state index contributed by atoms with van der Waals surface area (Å²) in [6.45, 7) is 3.01. The lowest BCUT2D eigenvalue weighted by Crippen LogP contribution is -2.52. The predicted octanol–water partition coefficient (Wildman–Crippen LogP) is 4.78. The average Bonchev–Trinajstić information content (AvgIpc) is 3.73. The van der Waals surface area contributed by atoms with Gasteiger partial charge in [-0.2, -0.15) is 0 Å². The molecule has 2 aliphatic heterocycles. The van der Waals surface area contributed by atoms with E-state index in [1.165, 1.54) is 17.4 Å². The number of carbonyl (C=O) groups excluding carboxylic acids is 2. The first-order chi connectivity index (χ1) is 20.1. The highest BCUT2D eigenvalue weighted by Gasteiger charge is 2.36. The smallest absolute Gasteiger partial charge is 0.406 e. The second-order valence-corrected chi connectivity index (χ2v) is 11.6. The Bertz CT molecular complexity index is 1390.